The van der Waals surface area contributed by atoms with E-state index in [0.29, 0.717) is 11.5 Å². The minimum atomic E-state index is -0.325. The molecule has 2 aromatic rings. The molecule has 23 heavy (non-hydrogen) atoms. The fourth-order valence-corrected chi connectivity index (χ4v) is 1.93. The second-order valence-electron chi connectivity index (χ2n) is 5.07. The van der Waals surface area contributed by atoms with Crippen molar-refractivity contribution in [3.05, 3.63) is 59.2 Å². The Kier molecular flexibility index (Phi) is 5.74. The Morgan fingerprint density at radius 1 is 1.17 bits per heavy atom. The van der Waals surface area contributed by atoms with Gasteiger partial charge in [0.25, 0.3) is 5.91 Å². The van der Waals surface area contributed by atoms with E-state index in [4.69, 9.17) is 9.47 Å². The standard InChI is InChI=1S/C18H20N2O3/c1-13-8-9-16(10-14(13)2)23-12-18(21)20-19-11-15-6-4-5-7-17(15)22-3/h4-11H,12H2,1-3H3,(H,20,21)/b19-11-. The first kappa shape index (κ1) is 16.5. The summed E-state index contributed by atoms with van der Waals surface area (Å²) in [7, 11) is 1.59. The highest BCUT2D eigenvalue weighted by Crippen LogP contribution is 2.16. The lowest BCUT2D eigenvalue weighted by Gasteiger charge is -2.07. The molecule has 5 nitrogen and oxygen atoms in total. The number of amides is 1. The Bertz CT molecular complexity index is 711. The second kappa shape index (κ2) is 7.98. The van der Waals surface area contributed by atoms with Crippen molar-refractivity contribution in [1.29, 1.82) is 0 Å². The molecule has 0 spiro atoms. The van der Waals surface area contributed by atoms with Crippen LogP contribution in [0.1, 0.15) is 16.7 Å². The van der Waals surface area contributed by atoms with E-state index in [1.165, 1.54) is 11.8 Å². The fourth-order valence-electron chi connectivity index (χ4n) is 1.93. The van der Waals surface area contributed by atoms with Crippen LogP contribution in [0.3, 0.4) is 0 Å². The fraction of sp³-hybridized carbons (Fsp3) is 0.222. The normalized spacial score (nSPS) is 10.6. The first-order valence-corrected chi connectivity index (χ1v) is 7.25. The molecule has 0 saturated heterocycles. The number of ether oxygens (including phenoxy) is 2. The number of hydrogen-bond donors (Lipinski definition) is 1. The average molecular weight is 312 g/mol. The molecule has 0 heterocycles. The molecule has 1 N–H and O–H groups in total. The van der Waals surface area contributed by atoms with Crippen LogP contribution in [-0.2, 0) is 4.79 Å². The third-order valence-electron chi connectivity index (χ3n) is 3.38. The Morgan fingerprint density at radius 3 is 2.70 bits per heavy atom. The Hall–Kier alpha value is -2.82. The molecule has 2 rings (SSSR count). The molecule has 0 aliphatic carbocycles. The monoisotopic (exact) mass is 312 g/mol. The first-order chi connectivity index (χ1) is 11.1. The van der Waals surface area contributed by atoms with E-state index in [2.05, 4.69) is 10.5 Å². The van der Waals surface area contributed by atoms with Crippen molar-refractivity contribution in [2.45, 2.75) is 13.8 Å². The van der Waals surface area contributed by atoms with Crippen LogP contribution in [0.2, 0.25) is 0 Å². The minimum absolute atomic E-state index is 0.0915. The van der Waals surface area contributed by atoms with Gasteiger partial charge in [-0.3, -0.25) is 4.79 Å². The van der Waals surface area contributed by atoms with Crippen molar-refractivity contribution in [2.75, 3.05) is 13.7 Å². The van der Waals surface area contributed by atoms with Gasteiger partial charge in [0.1, 0.15) is 11.5 Å². The number of aryl methyl sites for hydroxylation is 2. The van der Waals surface area contributed by atoms with Crippen LogP contribution in [0.15, 0.2) is 47.6 Å². The van der Waals surface area contributed by atoms with Gasteiger partial charge in [0.05, 0.1) is 13.3 Å². The predicted octanol–water partition coefficient (Wildman–Crippen LogP) is 2.84. The van der Waals surface area contributed by atoms with Crippen LogP contribution < -0.4 is 14.9 Å². The Balaban J connectivity index is 1.85. The molecule has 2 aromatic carbocycles. The quantitative estimate of drug-likeness (QED) is 0.659. The van der Waals surface area contributed by atoms with Crippen molar-refractivity contribution in [3.8, 4) is 11.5 Å². The molecule has 0 saturated carbocycles. The molecule has 0 fully saturated rings. The zero-order chi connectivity index (χ0) is 16.7. The Labute approximate surface area is 135 Å². The zero-order valence-electron chi connectivity index (χ0n) is 13.5. The van der Waals surface area contributed by atoms with Crippen molar-refractivity contribution in [3.63, 3.8) is 0 Å². The number of hydrogen-bond acceptors (Lipinski definition) is 4. The van der Waals surface area contributed by atoms with E-state index < -0.39 is 0 Å². The summed E-state index contributed by atoms with van der Waals surface area (Å²) in [6, 6.07) is 13.1. The molecule has 0 aromatic heterocycles. The third-order valence-corrected chi connectivity index (χ3v) is 3.38. The lowest BCUT2D eigenvalue weighted by atomic mass is 10.1. The summed E-state index contributed by atoms with van der Waals surface area (Å²) in [5.41, 5.74) is 5.52. The maximum atomic E-state index is 11.7. The van der Waals surface area contributed by atoms with E-state index in [-0.39, 0.29) is 12.5 Å². The molecule has 0 aliphatic rings. The maximum absolute atomic E-state index is 11.7. The minimum Gasteiger partial charge on any atom is -0.496 e. The lowest BCUT2D eigenvalue weighted by Crippen LogP contribution is -2.24. The van der Waals surface area contributed by atoms with Gasteiger partial charge < -0.3 is 9.47 Å². The van der Waals surface area contributed by atoms with Gasteiger partial charge in [0, 0.05) is 5.56 Å². The molecule has 0 atom stereocenters. The molecule has 0 radical (unpaired) electrons. The van der Waals surface area contributed by atoms with Gasteiger partial charge >= 0.3 is 0 Å². The van der Waals surface area contributed by atoms with Crippen LogP contribution in [0.25, 0.3) is 0 Å². The predicted molar refractivity (Wildman–Crippen MR) is 90.1 cm³/mol. The molecule has 1 amide bonds. The van der Waals surface area contributed by atoms with Crippen molar-refractivity contribution in [2.24, 2.45) is 5.10 Å². The number of rotatable bonds is 6. The van der Waals surface area contributed by atoms with Gasteiger partial charge in [-0.25, -0.2) is 5.43 Å². The number of carbonyl (C=O) groups is 1. The number of hydrazone groups is 1. The SMILES string of the molecule is COc1ccccc1/C=N\NC(=O)COc1ccc(C)c(C)c1. The van der Waals surface area contributed by atoms with Crippen molar-refractivity contribution < 1.29 is 14.3 Å². The number of nitrogens with one attached hydrogen (secondary N) is 1. The van der Waals surface area contributed by atoms with Crippen LogP contribution >= 0.6 is 0 Å². The van der Waals surface area contributed by atoms with Crippen LogP contribution in [0.4, 0.5) is 0 Å². The van der Waals surface area contributed by atoms with E-state index >= 15 is 0 Å². The molecule has 0 bridgehead atoms. The summed E-state index contributed by atoms with van der Waals surface area (Å²) in [4.78, 5) is 11.7. The van der Waals surface area contributed by atoms with Gasteiger partial charge in [-0.1, -0.05) is 18.2 Å². The average Bonchev–Trinajstić information content (AvgIpc) is 2.56. The number of nitrogens with zero attached hydrogens (tertiary/aromatic N) is 1. The second-order valence-corrected chi connectivity index (χ2v) is 5.07. The lowest BCUT2D eigenvalue weighted by molar-refractivity contribution is -0.123. The molecule has 0 unspecified atom stereocenters. The number of benzene rings is 2. The summed E-state index contributed by atoms with van der Waals surface area (Å²) in [5.74, 6) is 1.03. The van der Waals surface area contributed by atoms with E-state index in [0.717, 1.165) is 11.1 Å². The maximum Gasteiger partial charge on any atom is 0.277 e. The summed E-state index contributed by atoms with van der Waals surface area (Å²) >= 11 is 0. The van der Waals surface area contributed by atoms with E-state index in [1.54, 1.807) is 7.11 Å². The summed E-state index contributed by atoms with van der Waals surface area (Å²) in [6.45, 7) is 3.93. The van der Waals surface area contributed by atoms with E-state index in [1.807, 2.05) is 56.3 Å². The van der Waals surface area contributed by atoms with Gasteiger partial charge in [-0.2, -0.15) is 5.10 Å². The highest BCUT2D eigenvalue weighted by atomic mass is 16.5. The number of methoxy groups -OCH3 is 1. The highest BCUT2D eigenvalue weighted by Gasteiger charge is 2.03. The molecular formula is C18H20N2O3. The first-order valence-electron chi connectivity index (χ1n) is 7.25. The van der Waals surface area contributed by atoms with Crippen molar-refractivity contribution >= 4 is 12.1 Å². The molecular weight excluding hydrogens is 292 g/mol. The van der Waals surface area contributed by atoms with Gasteiger partial charge in [0.15, 0.2) is 6.61 Å². The van der Waals surface area contributed by atoms with Crippen LogP contribution in [-0.4, -0.2) is 25.8 Å². The van der Waals surface area contributed by atoms with Gasteiger partial charge in [-0.15, -0.1) is 0 Å². The highest BCUT2D eigenvalue weighted by molar-refractivity contribution is 5.85. The topological polar surface area (TPSA) is 59.9 Å². The van der Waals surface area contributed by atoms with Gasteiger partial charge in [0.2, 0.25) is 0 Å². The summed E-state index contributed by atoms with van der Waals surface area (Å²) in [5, 5.41) is 3.91. The van der Waals surface area contributed by atoms with Crippen molar-refractivity contribution in [1.82, 2.24) is 5.43 Å². The zero-order valence-corrected chi connectivity index (χ0v) is 13.5. The third kappa shape index (κ3) is 4.85. The van der Waals surface area contributed by atoms with Crippen LogP contribution in [0, 0.1) is 13.8 Å². The Morgan fingerprint density at radius 2 is 1.96 bits per heavy atom. The number of para-hydroxylation sites is 1. The molecule has 5 heteroatoms. The summed E-state index contributed by atoms with van der Waals surface area (Å²) < 4.78 is 10.6. The van der Waals surface area contributed by atoms with Crippen LogP contribution in [0.5, 0.6) is 11.5 Å². The van der Waals surface area contributed by atoms with Gasteiger partial charge in [-0.05, 0) is 49.2 Å². The molecule has 120 valence electrons. The smallest absolute Gasteiger partial charge is 0.277 e. The van der Waals surface area contributed by atoms with E-state index in [9.17, 15) is 4.79 Å². The summed E-state index contributed by atoms with van der Waals surface area (Å²) in [6.07, 6.45) is 1.53. The largest absolute Gasteiger partial charge is 0.496 e. The number of carbonyl (C=O) groups excluding carboxylic acids is 1. The molecule has 0 aliphatic heterocycles.